The van der Waals surface area contributed by atoms with Gasteiger partial charge >= 0.3 is 0 Å². The van der Waals surface area contributed by atoms with Crippen LogP contribution in [0.1, 0.15) is 23.6 Å². The van der Waals surface area contributed by atoms with E-state index in [1.165, 1.54) is 0 Å². The fourth-order valence-corrected chi connectivity index (χ4v) is 1.54. The minimum absolute atomic E-state index is 0.0292. The monoisotopic (exact) mass is 221 g/mol. The van der Waals surface area contributed by atoms with E-state index >= 15 is 0 Å². The van der Waals surface area contributed by atoms with Crippen molar-refractivity contribution in [1.82, 2.24) is 5.32 Å². The highest BCUT2D eigenvalue weighted by Gasteiger charge is 2.08. The summed E-state index contributed by atoms with van der Waals surface area (Å²) in [6.45, 7) is 5.76. The molecule has 1 aromatic carbocycles. The number of hydrogen-bond acceptors (Lipinski definition) is 2. The molecule has 0 heterocycles. The molecule has 0 radical (unpaired) electrons. The van der Waals surface area contributed by atoms with Gasteiger partial charge in [-0.2, -0.15) is 0 Å². The predicted molar refractivity (Wildman–Crippen MR) is 64.3 cm³/mol. The van der Waals surface area contributed by atoms with Gasteiger partial charge in [0.15, 0.2) is 0 Å². The summed E-state index contributed by atoms with van der Waals surface area (Å²) in [5.74, 6) is -0.0461. The van der Waals surface area contributed by atoms with E-state index in [0.717, 1.165) is 16.7 Å². The number of aliphatic hydroxyl groups excluding tert-OH is 1. The van der Waals surface area contributed by atoms with Gasteiger partial charge in [0, 0.05) is 6.04 Å². The lowest BCUT2D eigenvalue weighted by molar-refractivity contribution is -0.121. The highest BCUT2D eigenvalue weighted by molar-refractivity contribution is 5.79. The summed E-state index contributed by atoms with van der Waals surface area (Å²) in [6.07, 6.45) is 0.373. The minimum Gasteiger partial charge on any atom is -0.394 e. The predicted octanol–water partition coefficient (Wildman–Crippen LogP) is 1.34. The van der Waals surface area contributed by atoms with Crippen LogP contribution in [-0.2, 0) is 11.2 Å². The lowest BCUT2D eigenvalue weighted by Gasteiger charge is -2.12. The lowest BCUT2D eigenvalue weighted by atomic mass is 10.0. The molecule has 0 aliphatic carbocycles. The maximum atomic E-state index is 11.6. The zero-order chi connectivity index (χ0) is 12.1. The summed E-state index contributed by atoms with van der Waals surface area (Å²) in [7, 11) is 0. The maximum Gasteiger partial charge on any atom is 0.224 e. The molecule has 1 aromatic rings. The Morgan fingerprint density at radius 3 is 2.75 bits per heavy atom. The number of rotatable bonds is 4. The van der Waals surface area contributed by atoms with Crippen LogP contribution in [-0.4, -0.2) is 23.7 Å². The number of nitrogens with one attached hydrogen (secondary N) is 1. The highest BCUT2D eigenvalue weighted by Crippen LogP contribution is 2.11. The van der Waals surface area contributed by atoms with Crippen LogP contribution in [0.15, 0.2) is 18.2 Å². The number of hydrogen-bond donors (Lipinski definition) is 2. The summed E-state index contributed by atoms with van der Waals surface area (Å²) in [5.41, 5.74) is 3.32. The van der Waals surface area contributed by atoms with Crippen LogP contribution < -0.4 is 5.32 Å². The topological polar surface area (TPSA) is 49.3 Å². The molecule has 0 aliphatic rings. The van der Waals surface area contributed by atoms with Gasteiger partial charge in [0.05, 0.1) is 13.0 Å². The number of benzene rings is 1. The molecule has 2 N–H and O–H groups in total. The average Bonchev–Trinajstić information content (AvgIpc) is 2.23. The number of amides is 1. The fraction of sp³-hybridized carbons (Fsp3) is 0.462. The molecule has 1 rings (SSSR count). The van der Waals surface area contributed by atoms with Crippen LogP contribution in [0, 0.1) is 13.8 Å². The van der Waals surface area contributed by atoms with Crippen molar-refractivity contribution in [2.45, 2.75) is 33.2 Å². The Bertz CT molecular complexity index is 374. The molecule has 1 amide bonds. The Morgan fingerprint density at radius 1 is 1.44 bits per heavy atom. The molecule has 0 bridgehead atoms. The molecule has 1 unspecified atom stereocenters. The van der Waals surface area contributed by atoms with Crippen LogP contribution in [0.5, 0.6) is 0 Å². The third kappa shape index (κ3) is 3.66. The van der Waals surface area contributed by atoms with E-state index in [9.17, 15) is 4.79 Å². The first-order valence-corrected chi connectivity index (χ1v) is 5.49. The molecule has 0 spiro atoms. The molecule has 0 saturated carbocycles. The molecule has 0 aliphatic heterocycles. The first-order valence-electron chi connectivity index (χ1n) is 5.49. The van der Waals surface area contributed by atoms with Gasteiger partial charge in [0.1, 0.15) is 0 Å². The van der Waals surface area contributed by atoms with E-state index in [2.05, 4.69) is 5.32 Å². The summed E-state index contributed by atoms with van der Waals surface area (Å²) in [5, 5.41) is 11.6. The smallest absolute Gasteiger partial charge is 0.224 e. The minimum atomic E-state index is -0.183. The third-order valence-electron chi connectivity index (χ3n) is 2.54. The molecule has 3 heteroatoms. The first-order chi connectivity index (χ1) is 7.52. The zero-order valence-corrected chi connectivity index (χ0v) is 10.1. The largest absolute Gasteiger partial charge is 0.394 e. The van der Waals surface area contributed by atoms with Crippen LogP contribution in [0.3, 0.4) is 0 Å². The van der Waals surface area contributed by atoms with Gasteiger partial charge < -0.3 is 10.4 Å². The lowest BCUT2D eigenvalue weighted by Crippen LogP contribution is -2.36. The molecular weight excluding hydrogens is 202 g/mol. The van der Waals surface area contributed by atoms with Gasteiger partial charge in [-0.15, -0.1) is 0 Å². The third-order valence-corrected chi connectivity index (χ3v) is 2.54. The van der Waals surface area contributed by atoms with Crippen molar-refractivity contribution in [3.8, 4) is 0 Å². The van der Waals surface area contributed by atoms with E-state index in [4.69, 9.17) is 5.11 Å². The Balaban J connectivity index is 2.65. The number of aryl methyl sites for hydroxylation is 2. The first kappa shape index (κ1) is 12.7. The molecule has 16 heavy (non-hydrogen) atoms. The van der Waals surface area contributed by atoms with Crippen molar-refractivity contribution in [2.24, 2.45) is 0 Å². The summed E-state index contributed by atoms with van der Waals surface area (Å²) < 4.78 is 0. The van der Waals surface area contributed by atoms with Crippen molar-refractivity contribution in [3.63, 3.8) is 0 Å². The highest BCUT2D eigenvalue weighted by atomic mass is 16.3. The Hall–Kier alpha value is -1.35. The van der Waals surface area contributed by atoms with Crippen LogP contribution in [0.2, 0.25) is 0 Å². The molecule has 88 valence electrons. The van der Waals surface area contributed by atoms with Gasteiger partial charge in [-0.05, 0) is 31.9 Å². The standard InChI is InChI=1S/C13H19NO2/c1-9-4-5-10(2)12(6-9)7-13(16)14-11(3)8-15/h4-6,11,15H,7-8H2,1-3H3,(H,14,16). The number of carbonyl (C=O) groups excluding carboxylic acids is 1. The normalized spacial score (nSPS) is 12.2. The second-order valence-corrected chi connectivity index (χ2v) is 4.26. The molecule has 0 fully saturated rings. The molecular formula is C13H19NO2. The SMILES string of the molecule is Cc1ccc(C)c(CC(=O)NC(C)CO)c1. The summed E-state index contributed by atoms with van der Waals surface area (Å²) >= 11 is 0. The zero-order valence-electron chi connectivity index (χ0n) is 10.1. The fourth-order valence-electron chi connectivity index (χ4n) is 1.54. The Kier molecular flexibility index (Phi) is 4.50. The van der Waals surface area contributed by atoms with E-state index in [1.807, 2.05) is 32.0 Å². The van der Waals surface area contributed by atoms with Crippen molar-refractivity contribution < 1.29 is 9.90 Å². The van der Waals surface area contributed by atoms with Gasteiger partial charge in [0.25, 0.3) is 0 Å². The van der Waals surface area contributed by atoms with Gasteiger partial charge in [-0.3, -0.25) is 4.79 Å². The van der Waals surface area contributed by atoms with Gasteiger partial charge in [-0.25, -0.2) is 0 Å². The number of aliphatic hydroxyl groups is 1. The Morgan fingerprint density at radius 2 is 2.12 bits per heavy atom. The van der Waals surface area contributed by atoms with E-state index in [-0.39, 0.29) is 18.6 Å². The second-order valence-electron chi connectivity index (χ2n) is 4.26. The Labute approximate surface area is 96.5 Å². The van der Waals surface area contributed by atoms with E-state index in [1.54, 1.807) is 6.92 Å². The van der Waals surface area contributed by atoms with Crippen LogP contribution >= 0.6 is 0 Å². The van der Waals surface area contributed by atoms with Crippen LogP contribution in [0.4, 0.5) is 0 Å². The molecule has 0 aromatic heterocycles. The molecule has 1 atom stereocenters. The summed E-state index contributed by atoms with van der Waals surface area (Å²) in [6, 6.07) is 5.90. The molecule has 3 nitrogen and oxygen atoms in total. The van der Waals surface area contributed by atoms with Crippen LogP contribution in [0.25, 0.3) is 0 Å². The van der Waals surface area contributed by atoms with Crippen molar-refractivity contribution >= 4 is 5.91 Å². The van der Waals surface area contributed by atoms with Gasteiger partial charge in [0.2, 0.25) is 5.91 Å². The van der Waals surface area contributed by atoms with Gasteiger partial charge in [-0.1, -0.05) is 23.8 Å². The van der Waals surface area contributed by atoms with Crippen molar-refractivity contribution in [2.75, 3.05) is 6.61 Å². The van der Waals surface area contributed by atoms with Crippen molar-refractivity contribution in [3.05, 3.63) is 34.9 Å². The van der Waals surface area contributed by atoms with E-state index < -0.39 is 0 Å². The maximum absolute atomic E-state index is 11.6. The second kappa shape index (κ2) is 5.66. The summed E-state index contributed by atoms with van der Waals surface area (Å²) in [4.78, 5) is 11.6. The number of carbonyl (C=O) groups is 1. The van der Waals surface area contributed by atoms with E-state index in [0.29, 0.717) is 6.42 Å². The quantitative estimate of drug-likeness (QED) is 0.806. The average molecular weight is 221 g/mol. The molecule has 0 saturated heterocycles. The van der Waals surface area contributed by atoms with Crippen molar-refractivity contribution in [1.29, 1.82) is 0 Å².